The maximum Gasteiger partial charge on any atom is 0.262 e. The van der Waals surface area contributed by atoms with Crippen molar-refractivity contribution < 1.29 is 17.2 Å². The highest BCUT2D eigenvalue weighted by atomic mass is 79.9. The van der Waals surface area contributed by atoms with Crippen LogP contribution in [0, 0.1) is 18.6 Å². The van der Waals surface area contributed by atoms with Crippen molar-refractivity contribution >= 4 is 37.3 Å². The molecule has 112 valence electrons. The molecule has 0 aliphatic rings. The number of nitrogen functional groups attached to an aromatic ring is 1. The molecule has 0 heterocycles. The van der Waals surface area contributed by atoms with Gasteiger partial charge in [0.2, 0.25) is 0 Å². The number of anilines is 2. The number of nitrogens with two attached hydrogens (primary N) is 1. The normalized spacial score (nSPS) is 11.4. The Morgan fingerprint density at radius 1 is 1.14 bits per heavy atom. The molecular formula is C13H11BrF2N2O2S. The summed E-state index contributed by atoms with van der Waals surface area (Å²) in [5, 5.41) is 0. The van der Waals surface area contributed by atoms with E-state index in [0.29, 0.717) is 17.3 Å². The third-order valence-corrected chi connectivity index (χ3v) is 4.88. The van der Waals surface area contributed by atoms with Crippen molar-refractivity contribution in [3.8, 4) is 0 Å². The van der Waals surface area contributed by atoms with Crippen molar-refractivity contribution in [3.05, 3.63) is 52.0 Å². The van der Waals surface area contributed by atoms with Crippen LogP contribution in [0.15, 0.2) is 39.7 Å². The summed E-state index contributed by atoms with van der Waals surface area (Å²) in [6.45, 7) is 1.57. The van der Waals surface area contributed by atoms with Gasteiger partial charge in [-0.1, -0.05) is 0 Å². The summed E-state index contributed by atoms with van der Waals surface area (Å²) in [6.07, 6.45) is 0. The fourth-order valence-electron chi connectivity index (χ4n) is 1.77. The smallest absolute Gasteiger partial charge is 0.262 e. The van der Waals surface area contributed by atoms with Crippen LogP contribution in [-0.2, 0) is 10.0 Å². The summed E-state index contributed by atoms with van der Waals surface area (Å²) in [5.41, 5.74) is 6.05. The molecule has 0 aliphatic heterocycles. The zero-order valence-corrected chi connectivity index (χ0v) is 13.2. The predicted octanol–water partition coefficient (Wildman–Crippen LogP) is 3.42. The van der Waals surface area contributed by atoms with Gasteiger partial charge in [-0.25, -0.2) is 17.2 Å². The maximum absolute atomic E-state index is 13.6. The highest BCUT2D eigenvalue weighted by Crippen LogP contribution is 2.27. The fourth-order valence-corrected chi connectivity index (χ4v) is 3.40. The van der Waals surface area contributed by atoms with Crippen LogP contribution in [0.25, 0.3) is 0 Å². The Balaban J connectivity index is 2.45. The van der Waals surface area contributed by atoms with Crippen molar-refractivity contribution in [1.82, 2.24) is 0 Å². The predicted molar refractivity (Wildman–Crippen MR) is 80.5 cm³/mol. The van der Waals surface area contributed by atoms with Crippen LogP contribution < -0.4 is 10.5 Å². The quantitative estimate of drug-likeness (QED) is 0.636. The Bertz CT molecular complexity index is 810. The molecule has 2 aromatic carbocycles. The van der Waals surface area contributed by atoms with Gasteiger partial charge >= 0.3 is 0 Å². The Kier molecular flexibility index (Phi) is 4.20. The molecular weight excluding hydrogens is 366 g/mol. The number of hydrogen-bond donors (Lipinski definition) is 2. The third-order valence-electron chi connectivity index (χ3n) is 2.74. The Labute approximate surface area is 129 Å². The van der Waals surface area contributed by atoms with E-state index in [2.05, 4.69) is 20.7 Å². The van der Waals surface area contributed by atoms with E-state index in [1.807, 2.05) is 0 Å². The molecule has 4 nitrogen and oxygen atoms in total. The monoisotopic (exact) mass is 376 g/mol. The van der Waals surface area contributed by atoms with E-state index in [-0.39, 0.29) is 15.1 Å². The van der Waals surface area contributed by atoms with Gasteiger partial charge in [0.25, 0.3) is 10.0 Å². The standard InChI is InChI=1S/C13H11BrF2N2O2S/c1-7-4-8(17)2-3-13(7)21(19,20)18-12-5-9(14)10(15)6-11(12)16/h2-6,18H,17H2,1H3. The number of sulfonamides is 1. The van der Waals surface area contributed by atoms with Crippen molar-refractivity contribution in [2.24, 2.45) is 0 Å². The molecule has 0 bridgehead atoms. The largest absolute Gasteiger partial charge is 0.399 e. The minimum absolute atomic E-state index is 0.0310. The summed E-state index contributed by atoms with van der Waals surface area (Å²) in [7, 11) is -4.00. The van der Waals surface area contributed by atoms with Gasteiger partial charge in [0.1, 0.15) is 11.6 Å². The van der Waals surface area contributed by atoms with Crippen molar-refractivity contribution in [1.29, 1.82) is 0 Å². The third kappa shape index (κ3) is 3.33. The maximum atomic E-state index is 13.6. The summed E-state index contributed by atoms with van der Waals surface area (Å²) < 4.78 is 53.3. The number of halogens is 3. The number of rotatable bonds is 3. The lowest BCUT2D eigenvalue weighted by atomic mass is 10.2. The first-order valence-electron chi connectivity index (χ1n) is 5.74. The lowest BCUT2D eigenvalue weighted by Crippen LogP contribution is -2.15. The van der Waals surface area contributed by atoms with Crippen LogP contribution in [0.1, 0.15) is 5.56 Å². The second-order valence-corrected chi connectivity index (χ2v) is 6.88. The fraction of sp³-hybridized carbons (Fsp3) is 0.0769. The topological polar surface area (TPSA) is 72.2 Å². The average Bonchev–Trinajstić information content (AvgIpc) is 2.35. The second-order valence-electron chi connectivity index (χ2n) is 4.38. The van der Waals surface area contributed by atoms with Gasteiger partial charge in [0, 0.05) is 11.8 Å². The lowest BCUT2D eigenvalue weighted by Gasteiger charge is -2.12. The molecule has 0 aromatic heterocycles. The Morgan fingerprint density at radius 2 is 1.81 bits per heavy atom. The minimum Gasteiger partial charge on any atom is -0.399 e. The highest BCUT2D eigenvalue weighted by Gasteiger charge is 2.19. The van der Waals surface area contributed by atoms with Gasteiger partial charge in [-0.05, 0) is 52.7 Å². The van der Waals surface area contributed by atoms with Crippen LogP contribution in [-0.4, -0.2) is 8.42 Å². The summed E-state index contributed by atoms with van der Waals surface area (Å²) >= 11 is 2.87. The number of benzene rings is 2. The van der Waals surface area contributed by atoms with Gasteiger partial charge in [0.05, 0.1) is 15.1 Å². The zero-order valence-electron chi connectivity index (χ0n) is 10.8. The van der Waals surface area contributed by atoms with Crippen LogP contribution in [0.4, 0.5) is 20.2 Å². The Hall–Kier alpha value is -1.67. The molecule has 0 radical (unpaired) electrons. The van der Waals surface area contributed by atoms with E-state index in [1.165, 1.54) is 18.2 Å². The molecule has 0 spiro atoms. The molecule has 0 saturated heterocycles. The first-order chi connectivity index (χ1) is 9.70. The van der Waals surface area contributed by atoms with Crippen LogP contribution in [0.3, 0.4) is 0 Å². The first-order valence-corrected chi connectivity index (χ1v) is 8.02. The zero-order chi connectivity index (χ0) is 15.8. The van der Waals surface area contributed by atoms with Gasteiger partial charge in [-0.2, -0.15) is 0 Å². The summed E-state index contributed by atoms with van der Waals surface area (Å²) in [5.74, 6) is -1.83. The van der Waals surface area contributed by atoms with E-state index < -0.39 is 21.7 Å². The second kappa shape index (κ2) is 5.61. The van der Waals surface area contributed by atoms with Gasteiger partial charge in [0.15, 0.2) is 0 Å². The molecule has 2 rings (SSSR count). The van der Waals surface area contributed by atoms with E-state index in [0.717, 1.165) is 6.07 Å². The molecule has 0 atom stereocenters. The molecule has 21 heavy (non-hydrogen) atoms. The van der Waals surface area contributed by atoms with E-state index >= 15 is 0 Å². The molecule has 0 aliphatic carbocycles. The number of hydrogen-bond acceptors (Lipinski definition) is 3. The van der Waals surface area contributed by atoms with Crippen LogP contribution in [0.2, 0.25) is 0 Å². The van der Waals surface area contributed by atoms with Crippen molar-refractivity contribution in [3.63, 3.8) is 0 Å². The highest BCUT2D eigenvalue weighted by molar-refractivity contribution is 9.10. The first kappa shape index (κ1) is 15.7. The van der Waals surface area contributed by atoms with Gasteiger partial charge in [-0.3, -0.25) is 4.72 Å². The molecule has 0 unspecified atom stereocenters. The summed E-state index contributed by atoms with van der Waals surface area (Å²) in [4.78, 5) is -0.0310. The van der Waals surface area contributed by atoms with E-state index in [1.54, 1.807) is 6.92 Å². The molecule has 2 aromatic rings. The SMILES string of the molecule is Cc1cc(N)ccc1S(=O)(=O)Nc1cc(Br)c(F)cc1F. The molecule has 8 heteroatoms. The van der Waals surface area contributed by atoms with Crippen LogP contribution >= 0.6 is 15.9 Å². The number of nitrogens with one attached hydrogen (secondary N) is 1. The van der Waals surface area contributed by atoms with Crippen LogP contribution in [0.5, 0.6) is 0 Å². The van der Waals surface area contributed by atoms with E-state index in [4.69, 9.17) is 5.73 Å². The minimum atomic E-state index is -4.00. The molecule has 3 N–H and O–H groups in total. The van der Waals surface area contributed by atoms with E-state index in [9.17, 15) is 17.2 Å². The lowest BCUT2D eigenvalue weighted by molar-refractivity contribution is 0.579. The molecule has 0 fully saturated rings. The number of aryl methyl sites for hydroxylation is 1. The molecule has 0 saturated carbocycles. The van der Waals surface area contributed by atoms with Crippen molar-refractivity contribution in [2.75, 3.05) is 10.5 Å². The van der Waals surface area contributed by atoms with Gasteiger partial charge < -0.3 is 5.73 Å². The molecule has 0 amide bonds. The summed E-state index contributed by atoms with van der Waals surface area (Å²) in [6, 6.07) is 5.86. The average molecular weight is 377 g/mol. The van der Waals surface area contributed by atoms with Gasteiger partial charge in [-0.15, -0.1) is 0 Å². The Morgan fingerprint density at radius 3 is 2.43 bits per heavy atom. The van der Waals surface area contributed by atoms with Crippen molar-refractivity contribution in [2.45, 2.75) is 11.8 Å².